The van der Waals surface area contributed by atoms with E-state index in [0.29, 0.717) is 17.0 Å². The van der Waals surface area contributed by atoms with Gasteiger partial charge in [0.05, 0.1) is 5.69 Å². The van der Waals surface area contributed by atoms with Gasteiger partial charge in [0.15, 0.2) is 5.75 Å². The number of benzene rings is 2. The van der Waals surface area contributed by atoms with Crippen molar-refractivity contribution in [2.45, 2.75) is 13.8 Å². The van der Waals surface area contributed by atoms with Gasteiger partial charge in [0, 0.05) is 19.2 Å². The molecular formula is C21H17NO4. The molecule has 0 bridgehead atoms. The fraction of sp³-hybridized carbons (Fsp3) is 0.0952. The second-order valence-corrected chi connectivity index (χ2v) is 5.66. The summed E-state index contributed by atoms with van der Waals surface area (Å²) in [6, 6.07) is 16.4. The summed E-state index contributed by atoms with van der Waals surface area (Å²) < 4.78 is 10.3. The molecule has 26 heavy (non-hydrogen) atoms. The summed E-state index contributed by atoms with van der Waals surface area (Å²) in [6.45, 7) is 2.72. The molecule has 0 saturated heterocycles. The Labute approximate surface area is 150 Å². The van der Waals surface area contributed by atoms with Crippen molar-refractivity contribution in [1.29, 1.82) is 0 Å². The van der Waals surface area contributed by atoms with Crippen LogP contribution in [0.2, 0.25) is 0 Å². The van der Waals surface area contributed by atoms with Gasteiger partial charge in [0.1, 0.15) is 11.3 Å². The highest BCUT2D eigenvalue weighted by atomic mass is 16.5. The standard InChI is InChI=1S/C21H17NO4/c1-14(23)25-19-7-3-5-16(13-19)9-11-18-12-10-17-6-4-8-20(21(17)22-18)26-15(2)24/h3-13H,1-2H3/b11-9+. The molecule has 2 aromatic carbocycles. The van der Waals surface area contributed by atoms with Gasteiger partial charge < -0.3 is 9.47 Å². The Morgan fingerprint density at radius 1 is 0.885 bits per heavy atom. The summed E-state index contributed by atoms with van der Waals surface area (Å²) in [7, 11) is 0. The van der Waals surface area contributed by atoms with Gasteiger partial charge in [-0.1, -0.05) is 36.4 Å². The number of aromatic nitrogens is 1. The first-order chi connectivity index (χ1) is 12.5. The molecule has 3 aromatic rings. The maximum absolute atomic E-state index is 11.3. The number of rotatable bonds is 4. The van der Waals surface area contributed by atoms with Crippen LogP contribution in [0.4, 0.5) is 0 Å². The molecule has 1 aromatic heterocycles. The van der Waals surface area contributed by atoms with Crippen LogP contribution in [0.15, 0.2) is 54.6 Å². The lowest BCUT2D eigenvalue weighted by atomic mass is 10.1. The van der Waals surface area contributed by atoms with Crippen molar-refractivity contribution in [1.82, 2.24) is 4.98 Å². The molecule has 0 aliphatic heterocycles. The fourth-order valence-corrected chi connectivity index (χ4v) is 2.49. The molecule has 0 radical (unpaired) electrons. The second kappa shape index (κ2) is 7.61. The molecule has 0 amide bonds. The Morgan fingerprint density at radius 2 is 1.65 bits per heavy atom. The Hall–Kier alpha value is -3.47. The van der Waals surface area contributed by atoms with Crippen molar-refractivity contribution in [2.24, 2.45) is 0 Å². The zero-order chi connectivity index (χ0) is 18.5. The molecule has 0 aliphatic rings. The summed E-state index contributed by atoms with van der Waals surface area (Å²) in [4.78, 5) is 26.9. The molecule has 0 atom stereocenters. The van der Waals surface area contributed by atoms with Crippen molar-refractivity contribution in [3.05, 3.63) is 65.9 Å². The minimum atomic E-state index is -0.387. The lowest BCUT2D eigenvalue weighted by molar-refractivity contribution is -0.132. The van der Waals surface area contributed by atoms with Crippen LogP contribution in [0.25, 0.3) is 23.1 Å². The van der Waals surface area contributed by atoms with Crippen LogP contribution in [0.1, 0.15) is 25.1 Å². The first-order valence-corrected chi connectivity index (χ1v) is 8.06. The van der Waals surface area contributed by atoms with E-state index in [-0.39, 0.29) is 11.9 Å². The SMILES string of the molecule is CC(=O)Oc1cccc(/C=C/c2ccc3cccc(OC(C)=O)c3n2)c1. The van der Waals surface area contributed by atoms with Crippen LogP contribution in [-0.2, 0) is 9.59 Å². The van der Waals surface area contributed by atoms with E-state index in [1.165, 1.54) is 13.8 Å². The number of para-hydroxylation sites is 1. The minimum absolute atomic E-state index is 0.361. The van der Waals surface area contributed by atoms with E-state index >= 15 is 0 Å². The monoisotopic (exact) mass is 347 g/mol. The largest absolute Gasteiger partial charge is 0.427 e. The Bertz CT molecular complexity index is 1010. The van der Waals surface area contributed by atoms with E-state index in [1.54, 1.807) is 18.2 Å². The Morgan fingerprint density at radius 3 is 2.42 bits per heavy atom. The first-order valence-electron chi connectivity index (χ1n) is 8.06. The molecule has 0 fully saturated rings. The summed E-state index contributed by atoms with van der Waals surface area (Å²) >= 11 is 0. The van der Waals surface area contributed by atoms with E-state index in [2.05, 4.69) is 4.98 Å². The zero-order valence-corrected chi connectivity index (χ0v) is 14.4. The predicted molar refractivity (Wildman–Crippen MR) is 99.7 cm³/mol. The first kappa shape index (κ1) is 17.4. The van der Waals surface area contributed by atoms with E-state index in [1.807, 2.05) is 48.6 Å². The third-order valence-electron chi connectivity index (χ3n) is 3.52. The number of carbonyl (C=O) groups is 2. The maximum Gasteiger partial charge on any atom is 0.308 e. The van der Waals surface area contributed by atoms with Gasteiger partial charge in [-0.3, -0.25) is 9.59 Å². The molecular weight excluding hydrogens is 330 g/mol. The predicted octanol–water partition coefficient (Wildman–Crippen LogP) is 4.26. The number of esters is 2. The normalized spacial score (nSPS) is 10.8. The van der Waals surface area contributed by atoms with Crippen LogP contribution in [0, 0.1) is 0 Å². The van der Waals surface area contributed by atoms with Crippen LogP contribution in [0.3, 0.4) is 0 Å². The van der Waals surface area contributed by atoms with E-state index < -0.39 is 0 Å². The van der Waals surface area contributed by atoms with Gasteiger partial charge in [-0.05, 0) is 35.9 Å². The van der Waals surface area contributed by atoms with Crippen LogP contribution in [0.5, 0.6) is 11.5 Å². The molecule has 0 aliphatic carbocycles. The molecule has 5 nitrogen and oxygen atoms in total. The van der Waals surface area contributed by atoms with Crippen molar-refractivity contribution in [3.63, 3.8) is 0 Å². The van der Waals surface area contributed by atoms with Gasteiger partial charge in [0.2, 0.25) is 0 Å². The third kappa shape index (κ3) is 4.33. The smallest absolute Gasteiger partial charge is 0.308 e. The molecule has 5 heteroatoms. The number of nitrogens with zero attached hydrogens (tertiary/aromatic N) is 1. The topological polar surface area (TPSA) is 65.5 Å². The van der Waals surface area contributed by atoms with Crippen LogP contribution in [-0.4, -0.2) is 16.9 Å². The molecule has 1 heterocycles. The summed E-state index contributed by atoms with van der Waals surface area (Å²) in [5, 5.41) is 0.887. The highest BCUT2D eigenvalue weighted by Crippen LogP contribution is 2.25. The molecule has 0 spiro atoms. The maximum atomic E-state index is 11.3. The lowest BCUT2D eigenvalue weighted by Crippen LogP contribution is -2.02. The van der Waals surface area contributed by atoms with E-state index in [4.69, 9.17) is 9.47 Å². The number of carbonyl (C=O) groups excluding carboxylic acids is 2. The molecule has 0 saturated carbocycles. The van der Waals surface area contributed by atoms with Crippen molar-refractivity contribution < 1.29 is 19.1 Å². The highest BCUT2D eigenvalue weighted by molar-refractivity contribution is 5.88. The Balaban J connectivity index is 1.90. The van der Waals surface area contributed by atoms with Gasteiger partial charge in [-0.2, -0.15) is 0 Å². The number of fused-ring (bicyclic) bond motifs is 1. The average molecular weight is 347 g/mol. The zero-order valence-electron chi connectivity index (χ0n) is 14.4. The average Bonchev–Trinajstić information content (AvgIpc) is 2.59. The van der Waals surface area contributed by atoms with Crippen LogP contribution < -0.4 is 9.47 Å². The lowest BCUT2D eigenvalue weighted by Gasteiger charge is -2.06. The molecule has 130 valence electrons. The Kier molecular flexibility index (Phi) is 5.08. The number of pyridine rings is 1. The number of hydrogen-bond donors (Lipinski definition) is 0. The number of ether oxygens (including phenoxy) is 2. The van der Waals surface area contributed by atoms with Crippen molar-refractivity contribution in [3.8, 4) is 11.5 Å². The van der Waals surface area contributed by atoms with Crippen molar-refractivity contribution in [2.75, 3.05) is 0 Å². The van der Waals surface area contributed by atoms with E-state index in [0.717, 1.165) is 16.6 Å². The third-order valence-corrected chi connectivity index (χ3v) is 3.52. The summed E-state index contributed by atoms with van der Waals surface area (Å²) in [5.74, 6) is 0.174. The molecule has 0 unspecified atom stereocenters. The number of hydrogen-bond acceptors (Lipinski definition) is 5. The quantitative estimate of drug-likeness (QED) is 0.521. The van der Waals surface area contributed by atoms with E-state index in [9.17, 15) is 9.59 Å². The second-order valence-electron chi connectivity index (χ2n) is 5.66. The van der Waals surface area contributed by atoms with Gasteiger partial charge in [-0.15, -0.1) is 0 Å². The molecule has 0 N–H and O–H groups in total. The summed E-state index contributed by atoms with van der Waals surface area (Å²) in [6.07, 6.45) is 3.71. The van der Waals surface area contributed by atoms with Crippen molar-refractivity contribution >= 4 is 35.0 Å². The molecule has 3 rings (SSSR count). The van der Waals surface area contributed by atoms with Crippen LogP contribution >= 0.6 is 0 Å². The van der Waals surface area contributed by atoms with Gasteiger partial charge in [-0.25, -0.2) is 4.98 Å². The van der Waals surface area contributed by atoms with Gasteiger partial charge in [0.25, 0.3) is 0 Å². The summed E-state index contributed by atoms with van der Waals surface area (Å²) in [5.41, 5.74) is 2.22. The highest BCUT2D eigenvalue weighted by Gasteiger charge is 2.06. The fourth-order valence-electron chi connectivity index (χ4n) is 2.49. The van der Waals surface area contributed by atoms with Gasteiger partial charge >= 0.3 is 11.9 Å². The minimum Gasteiger partial charge on any atom is -0.427 e.